The van der Waals surface area contributed by atoms with Gasteiger partial charge in [-0.25, -0.2) is 8.42 Å². The van der Waals surface area contributed by atoms with Gasteiger partial charge in [-0.1, -0.05) is 6.07 Å². The highest BCUT2D eigenvalue weighted by Crippen LogP contribution is 2.19. The van der Waals surface area contributed by atoms with E-state index in [0.29, 0.717) is 0 Å². The molecule has 1 aromatic heterocycles. The van der Waals surface area contributed by atoms with E-state index in [0.717, 1.165) is 6.20 Å². The van der Waals surface area contributed by atoms with Crippen molar-refractivity contribution < 1.29 is 23.4 Å². The van der Waals surface area contributed by atoms with Crippen molar-refractivity contribution in [2.45, 2.75) is 17.9 Å². The van der Waals surface area contributed by atoms with Crippen molar-refractivity contribution in [2.24, 2.45) is 0 Å². The molecule has 0 aliphatic carbocycles. The molecule has 21 heavy (non-hydrogen) atoms. The van der Waals surface area contributed by atoms with Crippen molar-refractivity contribution in [3.8, 4) is 5.75 Å². The van der Waals surface area contributed by atoms with E-state index in [4.69, 9.17) is 5.11 Å². The Bertz CT molecular complexity index is 754. The zero-order chi connectivity index (χ0) is 15.5. The number of aromatic nitrogens is 2. The topological polar surface area (TPSA) is 122 Å². The molecular weight excluding hydrogens is 298 g/mol. The Kier molecular flexibility index (Phi) is 4.13. The molecule has 9 heteroatoms. The fourth-order valence-electron chi connectivity index (χ4n) is 1.60. The number of carboxylic acids is 1. The standard InChI is InChI=1S/C12H13N3O5S/c16-10-3-1-2-9(6-10)14-21(19,20)11-7-13-15(8-11)5-4-12(17)18/h1-3,6-8,14,16H,4-5H2,(H,17,18). The van der Waals surface area contributed by atoms with E-state index >= 15 is 0 Å². The quantitative estimate of drug-likeness (QED) is 0.727. The lowest BCUT2D eigenvalue weighted by Gasteiger charge is -2.06. The number of hydrogen-bond donors (Lipinski definition) is 3. The second-order valence-electron chi connectivity index (χ2n) is 4.24. The molecule has 112 valence electrons. The molecule has 0 unspecified atom stereocenters. The van der Waals surface area contributed by atoms with Gasteiger partial charge in [-0.2, -0.15) is 5.10 Å². The number of phenolic OH excluding ortho intramolecular Hbond substituents is 1. The Morgan fingerprint density at radius 2 is 2.14 bits per heavy atom. The summed E-state index contributed by atoms with van der Waals surface area (Å²) in [6.07, 6.45) is 2.22. The summed E-state index contributed by atoms with van der Waals surface area (Å²) < 4.78 is 27.7. The SMILES string of the molecule is O=C(O)CCn1cc(S(=O)(=O)Nc2cccc(O)c2)cn1. The van der Waals surface area contributed by atoms with Crippen LogP contribution in [0, 0.1) is 0 Å². The lowest BCUT2D eigenvalue weighted by atomic mass is 10.3. The number of anilines is 1. The second-order valence-corrected chi connectivity index (χ2v) is 5.92. The normalized spacial score (nSPS) is 11.2. The summed E-state index contributed by atoms with van der Waals surface area (Å²) >= 11 is 0. The van der Waals surface area contributed by atoms with E-state index in [9.17, 15) is 18.3 Å². The van der Waals surface area contributed by atoms with Crippen LogP contribution in [-0.4, -0.2) is 34.4 Å². The van der Waals surface area contributed by atoms with Crippen LogP contribution in [0.3, 0.4) is 0 Å². The average molecular weight is 311 g/mol. The zero-order valence-electron chi connectivity index (χ0n) is 10.8. The van der Waals surface area contributed by atoms with Crippen molar-refractivity contribution in [2.75, 3.05) is 4.72 Å². The van der Waals surface area contributed by atoms with Gasteiger partial charge in [-0.15, -0.1) is 0 Å². The van der Waals surface area contributed by atoms with Crippen LogP contribution < -0.4 is 4.72 Å². The first-order valence-electron chi connectivity index (χ1n) is 5.93. The maximum absolute atomic E-state index is 12.1. The van der Waals surface area contributed by atoms with Crippen LogP contribution >= 0.6 is 0 Å². The van der Waals surface area contributed by atoms with E-state index in [1.54, 1.807) is 0 Å². The van der Waals surface area contributed by atoms with Crippen molar-refractivity contribution in [3.05, 3.63) is 36.7 Å². The van der Waals surface area contributed by atoms with Crippen LogP contribution in [0.25, 0.3) is 0 Å². The minimum absolute atomic E-state index is 0.0626. The average Bonchev–Trinajstić information content (AvgIpc) is 2.85. The Labute approximate surface area is 120 Å². The third-order valence-electron chi connectivity index (χ3n) is 2.57. The van der Waals surface area contributed by atoms with E-state index in [2.05, 4.69) is 9.82 Å². The molecule has 2 rings (SSSR count). The van der Waals surface area contributed by atoms with Crippen molar-refractivity contribution in [1.82, 2.24) is 9.78 Å². The van der Waals surface area contributed by atoms with Crippen LogP contribution in [0.2, 0.25) is 0 Å². The Hall–Kier alpha value is -2.55. The van der Waals surface area contributed by atoms with Gasteiger partial charge in [-0.3, -0.25) is 14.2 Å². The molecule has 1 heterocycles. The molecule has 0 amide bonds. The van der Waals surface area contributed by atoms with E-state index < -0.39 is 16.0 Å². The molecule has 0 aliphatic rings. The molecule has 0 saturated heterocycles. The van der Waals surface area contributed by atoms with Crippen molar-refractivity contribution >= 4 is 21.7 Å². The van der Waals surface area contributed by atoms with Gasteiger partial charge in [0.2, 0.25) is 0 Å². The number of nitrogens with one attached hydrogen (secondary N) is 1. The van der Waals surface area contributed by atoms with Gasteiger partial charge in [0, 0.05) is 12.3 Å². The number of nitrogens with zero attached hydrogens (tertiary/aromatic N) is 2. The summed E-state index contributed by atoms with van der Waals surface area (Å²) in [5.41, 5.74) is 0.216. The highest BCUT2D eigenvalue weighted by atomic mass is 32.2. The van der Waals surface area contributed by atoms with Gasteiger partial charge in [0.1, 0.15) is 10.6 Å². The first-order chi connectivity index (χ1) is 9.87. The lowest BCUT2D eigenvalue weighted by Crippen LogP contribution is -2.12. The predicted molar refractivity (Wildman–Crippen MR) is 73.4 cm³/mol. The first-order valence-corrected chi connectivity index (χ1v) is 7.41. The Balaban J connectivity index is 2.14. The lowest BCUT2D eigenvalue weighted by molar-refractivity contribution is -0.137. The summed E-state index contributed by atoms with van der Waals surface area (Å²) in [4.78, 5) is 10.4. The summed E-state index contributed by atoms with van der Waals surface area (Å²) in [7, 11) is -3.84. The second kappa shape index (κ2) is 5.83. The predicted octanol–water partition coefficient (Wildman–Crippen LogP) is 0.864. The van der Waals surface area contributed by atoms with Gasteiger partial charge < -0.3 is 10.2 Å². The molecule has 0 radical (unpaired) electrons. The van der Waals surface area contributed by atoms with Crippen LogP contribution in [0.4, 0.5) is 5.69 Å². The van der Waals surface area contributed by atoms with Crippen molar-refractivity contribution in [1.29, 1.82) is 0 Å². The van der Waals surface area contributed by atoms with E-state index in [-0.39, 0.29) is 29.3 Å². The maximum Gasteiger partial charge on any atom is 0.305 e. The van der Waals surface area contributed by atoms with Gasteiger partial charge in [0.15, 0.2) is 0 Å². The first kappa shape index (κ1) is 14.9. The number of hydrogen-bond acceptors (Lipinski definition) is 5. The summed E-state index contributed by atoms with van der Waals surface area (Å²) in [6.45, 7) is 0.0803. The molecule has 2 aromatic rings. The van der Waals surface area contributed by atoms with E-state index in [1.165, 1.54) is 35.1 Å². The number of benzene rings is 1. The number of aliphatic carboxylic acids is 1. The molecule has 3 N–H and O–H groups in total. The number of aromatic hydroxyl groups is 1. The van der Waals surface area contributed by atoms with Gasteiger partial charge in [0.25, 0.3) is 10.0 Å². The van der Waals surface area contributed by atoms with Crippen LogP contribution in [-0.2, 0) is 21.4 Å². The maximum atomic E-state index is 12.1. The molecular formula is C12H13N3O5S. The molecule has 0 saturated carbocycles. The van der Waals surface area contributed by atoms with Crippen LogP contribution in [0.1, 0.15) is 6.42 Å². The molecule has 8 nitrogen and oxygen atoms in total. The summed E-state index contributed by atoms with van der Waals surface area (Å²) in [5, 5.41) is 21.7. The largest absolute Gasteiger partial charge is 0.508 e. The highest BCUT2D eigenvalue weighted by molar-refractivity contribution is 7.92. The molecule has 0 atom stereocenters. The fraction of sp³-hybridized carbons (Fsp3) is 0.167. The van der Waals surface area contributed by atoms with Crippen LogP contribution in [0.5, 0.6) is 5.75 Å². The third kappa shape index (κ3) is 3.96. The molecule has 1 aromatic carbocycles. The zero-order valence-corrected chi connectivity index (χ0v) is 11.6. The molecule has 0 spiro atoms. The summed E-state index contributed by atoms with van der Waals surface area (Å²) in [5.74, 6) is -1.06. The minimum Gasteiger partial charge on any atom is -0.508 e. The molecule has 0 bridgehead atoms. The Morgan fingerprint density at radius 3 is 2.81 bits per heavy atom. The molecule has 0 aliphatic heterocycles. The van der Waals surface area contributed by atoms with Gasteiger partial charge >= 0.3 is 5.97 Å². The van der Waals surface area contributed by atoms with Crippen molar-refractivity contribution in [3.63, 3.8) is 0 Å². The van der Waals surface area contributed by atoms with E-state index in [1.807, 2.05) is 0 Å². The number of phenols is 1. The minimum atomic E-state index is -3.84. The van der Waals surface area contributed by atoms with Gasteiger partial charge in [0.05, 0.1) is 24.8 Å². The van der Waals surface area contributed by atoms with Crippen LogP contribution in [0.15, 0.2) is 41.6 Å². The number of aryl methyl sites for hydroxylation is 1. The third-order valence-corrected chi connectivity index (χ3v) is 3.91. The number of sulfonamides is 1. The number of carboxylic acid groups (broad SMARTS) is 1. The molecule has 0 fully saturated rings. The van der Waals surface area contributed by atoms with Gasteiger partial charge in [-0.05, 0) is 12.1 Å². The number of rotatable bonds is 6. The smallest absolute Gasteiger partial charge is 0.305 e. The fourth-order valence-corrected chi connectivity index (χ4v) is 2.60. The monoisotopic (exact) mass is 311 g/mol. The number of carbonyl (C=O) groups is 1. The highest BCUT2D eigenvalue weighted by Gasteiger charge is 2.17. The summed E-state index contributed by atoms with van der Waals surface area (Å²) in [6, 6.07) is 5.68. The Morgan fingerprint density at radius 1 is 1.38 bits per heavy atom.